The molecule has 1 fully saturated rings. The van der Waals surface area contributed by atoms with E-state index in [1.165, 1.54) is 0 Å². The number of carbonyl (C=O) groups is 1. The maximum Gasteiger partial charge on any atom is 0.242 e. The Bertz CT molecular complexity index is 200. The number of nitrogens with one attached hydrogen (secondary N) is 1. The largest absolute Gasteiger partial charge is 0.395 e. The molecule has 1 saturated carbocycles. The van der Waals surface area contributed by atoms with E-state index in [1.807, 2.05) is 7.05 Å². The maximum absolute atomic E-state index is 12.0. The summed E-state index contributed by atoms with van der Waals surface area (Å²) < 4.78 is 0. The van der Waals surface area contributed by atoms with Crippen molar-refractivity contribution < 1.29 is 9.90 Å². The van der Waals surface area contributed by atoms with Crippen LogP contribution >= 0.6 is 0 Å². The summed E-state index contributed by atoms with van der Waals surface area (Å²) in [4.78, 5) is 13.7. The first-order chi connectivity index (χ1) is 6.66. The van der Waals surface area contributed by atoms with Crippen molar-refractivity contribution in [2.24, 2.45) is 0 Å². The van der Waals surface area contributed by atoms with E-state index >= 15 is 0 Å². The smallest absolute Gasteiger partial charge is 0.242 e. The third-order valence-electron chi connectivity index (χ3n) is 3.13. The molecule has 0 aromatic heterocycles. The van der Waals surface area contributed by atoms with Gasteiger partial charge in [0, 0.05) is 13.6 Å². The Hall–Kier alpha value is -0.610. The lowest BCUT2D eigenvalue weighted by Crippen LogP contribution is -2.54. The van der Waals surface area contributed by atoms with E-state index in [1.54, 1.807) is 11.9 Å². The minimum Gasteiger partial charge on any atom is -0.395 e. The van der Waals surface area contributed by atoms with Gasteiger partial charge < -0.3 is 15.3 Å². The third-order valence-corrected chi connectivity index (χ3v) is 3.13. The average molecular weight is 200 g/mol. The molecule has 0 aliphatic heterocycles. The number of aliphatic hydroxyl groups is 1. The van der Waals surface area contributed by atoms with Crippen LogP contribution in [0, 0.1) is 0 Å². The lowest BCUT2D eigenvalue weighted by atomic mass is 9.96. The molecular weight excluding hydrogens is 180 g/mol. The summed E-state index contributed by atoms with van der Waals surface area (Å²) in [5.74, 6) is 0.117. The third kappa shape index (κ3) is 2.07. The van der Waals surface area contributed by atoms with Gasteiger partial charge in [0.15, 0.2) is 0 Å². The SMILES string of the molecule is CNC1(C(=O)N(C)CCO)CCCC1. The highest BCUT2D eigenvalue weighted by molar-refractivity contribution is 5.86. The molecule has 1 rings (SSSR count). The Labute approximate surface area is 85.3 Å². The molecule has 4 nitrogen and oxygen atoms in total. The Morgan fingerprint density at radius 3 is 2.50 bits per heavy atom. The zero-order valence-electron chi connectivity index (χ0n) is 9.05. The van der Waals surface area contributed by atoms with Crippen LogP contribution in [0.2, 0.25) is 0 Å². The molecule has 0 saturated heterocycles. The van der Waals surface area contributed by atoms with Crippen molar-refractivity contribution in [2.75, 3.05) is 27.2 Å². The van der Waals surface area contributed by atoms with Crippen LogP contribution in [0.1, 0.15) is 25.7 Å². The van der Waals surface area contributed by atoms with E-state index in [0.29, 0.717) is 6.54 Å². The summed E-state index contributed by atoms with van der Waals surface area (Å²) in [5.41, 5.74) is -0.357. The van der Waals surface area contributed by atoms with Gasteiger partial charge >= 0.3 is 0 Å². The number of likely N-dealkylation sites (N-methyl/N-ethyl adjacent to an activating group) is 2. The van der Waals surface area contributed by atoms with Crippen LogP contribution in [0.15, 0.2) is 0 Å². The predicted molar refractivity (Wildman–Crippen MR) is 55.0 cm³/mol. The first kappa shape index (κ1) is 11.5. The van der Waals surface area contributed by atoms with Crippen molar-refractivity contribution in [3.8, 4) is 0 Å². The van der Waals surface area contributed by atoms with Crippen LogP contribution in [0.3, 0.4) is 0 Å². The molecule has 0 aromatic rings. The highest BCUT2D eigenvalue weighted by Gasteiger charge is 2.40. The molecule has 82 valence electrons. The molecule has 14 heavy (non-hydrogen) atoms. The molecule has 0 radical (unpaired) electrons. The van der Waals surface area contributed by atoms with Crippen LogP contribution in [0.4, 0.5) is 0 Å². The number of amides is 1. The van der Waals surface area contributed by atoms with Gasteiger partial charge in [-0.1, -0.05) is 12.8 Å². The molecule has 0 atom stereocenters. The molecule has 0 aromatic carbocycles. The minimum absolute atomic E-state index is 0.0298. The summed E-state index contributed by atoms with van der Waals surface area (Å²) >= 11 is 0. The molecule has 1 aliphatic carbocycles. The second kappa shape index (κ2) is 4.75. The summed E-state index contributed by atoms with van der Waals surface area (Å²) in [6.07, 6.45) is 4.05. The van der Waals surface area contributed by atoms with Gasteiger partial charge in [-0.15, -0.1) is 0 Å². The molecule has 4 heteroatoms. The number of hydrogen-bond donors (Lipinski definition) is 2. The average Bonchev–Trinajstić information content (AvgIpc) is 2.66. The summed E-state index contributed by atoms with van der Waals surface area (Å²) in [7, 11) is 3.59. The van der Waals surface area contributed by atoms with Crippen LogP contribution < -0.4 is 5.32 Å². The molecular formula is C10H20N2O2. The van der Waals surface area contributed by atoms with E-state index in [4.69, 9.17) is 5.11 Å². The van der Waals surface area contributed by atoms with Crippen molar-refractivity contribution in [2.45, 2.75) is 31.2 Å². The van der Waals surface area contributed by atoms with Gasteiger partial charge in [-0.2, -0.15) is 0 Å². The van der Waals surface area contributed by atoms with E-state index in [9.17, 15) is 4.79 Å². The van der Waals surface area contributed by atoms with Crippen LogP contribution in [-0.4, -0.2) is 48.7 Å². The fourth-order valence-corrected chi connectivity index (χ4v) is 2.17. The van der Waals surface area contributed by atoms with Gasteiger partial charge in [0.25, 0.3) is 0 Å². The zero-order valence-corrected chi connectivity index (χ0v) is 9.05. The highest BCUT2D eigenvalue weighted by atomic mass is 16.3. The maximum atomic E-state index is 12.0. The molecule has 0 heterocycles. The van der Waals surface area contributed by atoms with Crippen LogP contribution in [0.5, 0.6) is 0 Å². The lowest BCUT2D eigenvalue weighted by molar-refractivity contribution is -0.137. The second-order valence-electron chi connectivity index (χ2n) is 3.99. The van der Waals surface area contributed by atoms with Crippen molar-refractivity contribution in [3.63, 3.8) is 0 Å². The van der Waals surface area contributed by atoms with Crippen molar-refractivity contribution >= 4 is 5.91 Å². The normalized spacial score (nSPS) is 19.6. The van der Waals surface area contributed by atoms with Gasteiger partial charge in [0.05, 0.1) is 12.1 Å². The molecule has 0 bridgehead atoms. The highest BCUT2D eigenvalue weighted by Crippen LogP contribution is 2.30. The first-order valence-electron chi connectivity index (χ1n) is 5.21. The van der Waals surface area contributed by atoms with E-state index in [-0.39, 0.29) is 18.1 Å². The summed E-state index contributed by atoms with van der Waals surface area (Å²) in [5, 5.41) is 11.9. The predicted octanol–water partition coefficient (Wildman–Crippen LogP) is -0.0307. The second-order valence-corrected chi connectivity index (χ2v) is 3.99. The number of carbonyl (C=O) groups excluding carboxylic acids is 1. The number of nitrogens with zero attached hydrogens (tertiary/aromatic N) is 1. The fourth-order valence-electron chi connectivity index (χ4n) is 2.17. The molecule has 1 aliphatic rings. The molecule has 2 N–H and O–H groups in total. The van der Waals surface area contributed by atoms with Crippen molar-refractivity contribution in [3.05, 3.63) is 0 Å². The monoisotopic (exact) mass is 200 g/mol. The van der Waals surface area contributed by atoms with E-state index in [0.717, 1.165) is 25.7 Å². The van der Waals surface area contributed by atoms with Gasteiger partial charge in [0.1, 0.15) is 0 Å². The van der Waals surface area contributed by atoms with Gasteiger partial charge in [-0.05, 0) is 19.9 Å². The fraction of sp³-hybridized carbons (Fsp3) is 0.900. The Balaban J connectivity index is 2.64. The Kier molecular flexibility index (Phi) is 3.89. The van der Waals surface area contributed by atoms with Gasteiger partial charge in [-0.25, -0.2) is 0 Å². The Morgan fingerprint density at radius 2 is 2.07 bits per heavy atom. The standard InChI is InChI=1S/C10H20N2O2/c1-11-10(5-3-4-6-10)9(14)12(2)7-8-13/h11,13H,3-8H2,1-2H3. The van der Waals surface area contributed by atoms with Gasteiger partial charge in [0.2, 0.25) is 5.91 Å². The zero-order chi connectivity index (χ0) is 10.6. The number of rotatable bonds is 4. The summed E-state index contributed by atoms with van der Waals surface area (Å²) in [6.45, 7) is 0.449. The van der Waals surface area contributed by atoms with Crippen LogP contribution in [-0.2, 0) is 4.79 Å². The Morgan fingerprint density at radius 1 is 1.50 bits per heavy atom. The van der Waals surface area contributed by atoms with Crippen molar-refractivity contribution in [1.82, 2.24) is 10.2 Å². The quantitative estimate of drug-likeness (QED) is 0.670. The van der Waals surface area contributed by atoms with Gasteiger partial charge in [-0.3, -0.25) is 4.79 Å². The molecule has 0 unspecified atom stereocenters. The molecule has 1 amide bonds. The lowest BCUT2D eigenvalue weighted by Gasteiger charge is -2.31. The topological polar surface area (TPSA) is 52.6 Å². The minimum atomic E-state index is -0.357. The van der Waals surface area contributed by atoms with E-state index < -0.39 is 0 Å². The summed E-state index contributed by atoms with van der Waals surface area (Å²) in [6, 6.07) is 0. The number of aliphatic hydroxyl groups excluding tert-OH is 1. The van der Waals surface area contributed by atoms with Crippen molar-refractivity contribution in [1.29, 1.82) is 0 Å². The first-order valence-corrected chi connectivity index (χ1v) is 5.21. The molecule has 0 spiro atoms. The van der Waals surface area contributed by atoms with Crippen LogP contribution in [0.25, 0.3) is 0 Å². The van der Waals surface area contributed by atoms with E-state index in [2.05, 4.69) is 5.32 Å². The number of hydrogen-bond acceptors (Lipinski definition) is 3.